The number of amides is 2. The van der Waals surface area contributed by atoms with Gasteiger partial charge in [-0.3, -0.25) is 9.59 Å². The molecule has 1 aromatic carbocycles. The molecule has 3 rings (SSSR count). The monoisotopic (exact) mass is 421 g/mol. The molecular formula is C20H21Cl2N3O3. The van der Waals surface area contributed by atoms with Gasteiger partial charge in [0.15, 0.2) is 0 Å². The number of pyridine rings is 1. The van der Waals surface area contributed by atoms with Crippen LogP contribution < -0.4 is 10.6 Å². The molecule has 1 aliphatic carbocycles. The molecule has 1 heterocycles. The molecular weight excluding hydrogens is 401 g/mol. The normalized spacial score (nSPS) is 14.8. The summed E-state index contributed by atoms with van der Waals surface area (Å²) >= 11 is 12.2. The number of carbonyl (C=O) groups excluding carboxylic acids is 2. The van der Waals surface area contributed by atoms with E-state index in [0.29, 0.717) is 34.6 Å². The Kier molecular flexibility index (Phi) is 6.54. The molecule has 148 valence electrons. The lowest BCUT2D eigenvalue weighted by molar-refractivity contribution is -0.138. The minimum absolute atomic E-state index is 0.304. The number of benzene rings is 1. The molecule has 28 heavy (non-hydrogen) atoms. The highest BCUT2D eigenvalue weighted by molar-refractivity contribution is 6.39. The summed E-state index contributed by atoms with van der Waals surface area (Å²) in [6.45, 7) is 0.320. The number of carbonyl (C=O) groups is 2. The molecule has 1 saturated carbocycles. The first kappa shape index (κ1) is 20.6. The number of nitrogens with one attached hydrogen (secondary N) is 2. The molecule has 0 aliphatic heterocycles. The zero-order valence-corrected chi connectivity index (χ0v) is 16.9. The van der Waals surface area contributed by atoms with Crippen molar-refractivity contribution in [3.05, 3.63) is 57.7 Å². The summed E-state index contributed by atoms with van der Waals surface area (Å²) < 4.78 is 5.02. The first-order chi connectivity index (χ1) is 13.4. The number of anilines is 1. The average Bonchev–Trinajstić information content (AvgIpc) is 2.62. The number of hydrogen-bond acceptors (Lipinski definition) is 4. The molecule has 2 N–H and O–H groups in total. The minimum Gasteiger partial charge on any atom is -0.378 e. The van der Waals surface area contributed by atoms with Crippen LogP contribution in [0.3, 0.4) is 0 Å². The number of halogens is 2. The molecule has 6 nitrogen and oxygen atoms in total. The summed E-state index contributed by atoms with van der Waals surface area (Å²) in [6.07, 6.45) is 3.09. The van der Waals surface area contributed by atoms with Crippen molar-refractivity contribution in [2.24, 2.45) is 0 Å². The van der Waals surface area contributed by atoms with Crippen LogP contribution in [-0.4, -0.2) is 29.4 Å². The largest absolute Gasteiger partial charge is 0.378 e. The van der Waals surface area contributed by atoms with E-state index in [-0.39, 0.29) is 0 Å². The van der Waals surface area contributed by atoms with Crippen molar-refractivity contribution in [3.8, 4) is 0 Å². The fourth-order valence-electron chi connectivity index (χ4n) is 3.23. The van der Waals surface area contributed by atoms with Crippen molar-refractivity contribution in [2.45, 2.75) is 37.8 Å². The van der Waals surface area contributed by atoms with Gasteiger partial charge >= 0.3 is 11.8 Å². The van der Waals surface area contributed by atoms with E-state index in [1.165, 1.54) is 0 Å². The number of ether oxygens (including phenoxy) is 1. The van der Waals surface area contributed by atoms with Crippen LogP contribution in [0.1, 0.15) is 30.5 Å². The van der Waals surface area contributed by atoms with Gasteiger partial charge in [0.25, 0.3) is 0 Å². The van der Waals surface area contributed by atoms with E-state index in [9.17, 15) is 9.59 Å². The highest BCUT2D eigenvalue weighted by Crippen LogP contribution is 2.37. The second-order valence-electron chi connectivity index (χ2n) is 6.90. The fourth-order valence-corrected chi connectivity index (χ4v) is 3.70. The molecule has 8 heteroatoms. The first-order valence-corrected chi connectivity index (χ1v) is 9.69. The number of methoxy groups -OCH3 is 1. The fraction of sp³-hybridized carbons (Fsp3) is 0.350. The maximum atomic E-state index is 12.5. The van der Waals surface area contributed by atoms with Crippen LogP contribution in [0.25, 0.3) is 0 Å². The second-order valence-corrected chi connectivity index (χ2v) is 7.75. The maximum Gasteiger partial charge on any atom is 0.314 e. The molecule has 0 unspecified atom stereocenters. The van der Waals surface area contributed by atoms with E-state index in [4.69, 9.17) is 27.9 Å². The topological polar surface area (TPSA) is 80.3 Å². The molecule has 1 aliphatic rings. The third-order valence-electron chi connectivity index (χ3n) is 4.78. The van der Waals surface area contributed by atoms with Gasteiger partial charge in [-0.2, -0.15) is 0 Å². The smallest absolute Gasteiger partial charge is 0.314 e. The van der Waals surface area contributed by atoms with Crippen LogP contribution in [0.5, 0.6) is 0 Å². The van der Waals surface area contributed by atoms with Crippen molar-refractivity contribution in [1.29, 1.82) is 0 Å². The summed E-state index contributed by atoms with van der Waals surface area (Å²) in [4.78, 5) is 29.0. The Morgan fingerprint density at radius 1 is 1.18 bits per heavy atom. The van der Waals surface area contributed by atoms with Crippen LogP contribution in [-0.2, 0) is 27.4 Å². The van der Waals surface area contributed by atoms with Gasteiger partial charge in [-0.05, 0) is 55.5 Å². The Balaban J connectivity index is 1.64. The van der Waals surface area contributed by atoms with Gasteiger partial charge in [-0.15, -0.1) is 0 Å². The molecule has 0 saturated heterocycles. The van der Waals surface area contributed by atoms with Gasteiger partial charge in [0.1, 0.15) is 5.82 Å². The van der Waals surface area contributed by atoms with Crippen molar-refractivity contribution in [3.63, 3.8) is 0 Å². The minimum atomic E-state index is -0.754. The van der Waals surface area contributed by atoms with Crippen LogP contribution in [0.2, 0.25) is 10.0 Å². The highest BCUT2D eigenvalue weighted by atomic mass is 35.5. The summed E-state index contributed by atoms with van der Waals surface area (Å²) in [5.74, 6) is -1.14. The van der Waals surface area contributed by atoms with E-state index in [0.717, 1.165) is 24.8 Å². The van der Waals surface area contributed by atoms with Crippen LogP contribution in [0.15, 0.2) is 36.4 Å². The van der Waals surface area contributed by atoms with Crippen LogP contribution >= 0.6 is 23.2 Å². The predicted molar refractivity (Wildman–Crippen MR) is 108 cm³/mol. The highest BCUT2D eigenvalue weighted by Gasteiger charge is 2.40. The molecule has 0 bridgehead atoms. The van der Waals surface area contributed by atoms with E-state index in [2.05, 4.69) is 15.6 Å². The SMILES string of the molecule is COCc1cccc(NC(=O)C(=O)NC2(Cc3ccc(Cl)cc3Cl)CCC2)n1. The van der Waals surface area contributed by atoms with Gasteiger partial charge in [-0.1, -0.05) is 35.3 Å². The molecule has 2 amide bonds. The lowest BCUT2D eigenvalue weighted by Gasteiger charge is -2.42. The first-order valence-electron chi connectivity index (χ1n) is 8.93. The van der Waals surface area contributed by atoms with Gasteiger partial charge in [0.05, 0.1) is 12.3 Å². The predicted octanol–water partition coefficient (Wildman–Crippen LogP) is 3.75. The van der Waals surface area contributed by atoms with E-state index >= 15 is 0 Å². The second kappa shape index (κ2) is 8.90. The quantitative estimate of drug-likeness (QED) is 0.695. The average molecular weight is 422 g/mol. The Labute approximate surface area is 173 Å². The molecule has 1 aromatic heterocycles. The Morgan fingerprint density at radius 3 is 2.61 bits per heavy atom. The molecule has 1 fully saturated rings. The third kappa shape index (κ3) is 5.01. The molecule has 0 spiro atoms. The van der Waals surface area contributed by atoms with Gasteiger partial charge in [0, 0.05) is 22.7 Å². The van der Waals surface area contributed by atoms with Crippen LogP contribution in [0.4, 0.5) is 5.82 Å². The van der Waals surface area contributed by atoms with Crippen molar-refractivity contribution >= 4 is 40.8 Å². The Hall–Kier alpha value is -2.15. The Bertz CT molecular complexity index is 885. The number of hydrogen-bond donors (Lipinski definition) is 2. The molecule has 0 atom stereocenters. The molecule has 0 radical (unpaired) electrons. The number of rotatable bonds is 6. The van der Waals surface area contributed by atoms with Gasteiger partial charge in [-0.25, -0.2) is 4.98 Å². The van der Waals surface area contributed by atoms with Crippen molar-refractivity contribution < 1.29 is 14.3 Å². The Morgan fingerprint density at radius 2 is 1.96 bits per heavy atom. The third-order valence-corrected chi connectivity index (χ3v) is 5.37. The number of aromatic nitrogens is 1. The number of nitrogens with zero attached hydrogens (tertiary/aromatic N) is 1. The van der Waals surface area contributed by atoms with E-state index in [1.807, 2.05) is 6.07 Å². The lowest BCUT2D eigenvalue weighted by atomic mass is 9.72. The van der Waals surface area contributed by atoms with Gasteiger partial charge in [0.2, 0.25) is 0 Å². The van der Waals surface area contributed by atoms with E-state index in [1.54, 1.807) is 37.4 Å². The summed E-state index contributed by atoms with van der Waals surface area (Å²) in [6, 6.07) is 10.4. The standard InChI is InChI=1S/C20H21Cl2N3O3/c1-28-12-15-4-2-5-17(23-15)24-18(26)19(27)25-20(8-3-9-20)11-13-6-7-14(21)10-16(13)22/h2,4-7,10H,3,8-9,11-12H2,1H3,(H,25,27)(H,23,24,26). The summed E-state index contributed by atoms with van der Waals surface area (Å²) in [5, 5.41) is 6.53. The maximum absolute atomic E-state index is 12.5. The zero-order chi connectivity index (χ0) is 20.1. The van der Waals surface area contributed by atoms with Crippen LogP contribution in [0, 0.1) is 0 Å². The molecule has 2 aromatic rings. The van der Waals surface area contributed by atoms with E-state index < -0.39 is 17.4 Å². The lowest BCUT2D eigenvalue weighted by Crippen LogP contribution is -2.57. The summed E-state index contributed by atoms with van der Waals surface area (Å²) in [5.41, 5.74) is 1.07. The zero-order valence-electron chi connectivity index (χ0n) is 15.4. The van der Waals surface area contributed by atoms with Crippen molar-refractivity contribution in [1.82, 2.24) is 10.3 Å². The summed E-state index contributed by atoms with van der Waals surface area (Å²) in [7, 11) is 1.56. The van der Waals surface area contributed by atoms with Crippen molar-refractivity contribution in [2.75, 3.05) is 12.4 Å². The van der Waals surface area contributed by atoms with Gasteiger partial charge < -0.3 is 15.4 Å².